The van der Waals surface area contributed by atoms with Crippen molar-refractivity contribution < 1.29 is 25.7 Å². The molecule has 0 spiro atoms. The fourth-order valence-electron chi connectivity index (χ4n) is 0.510. The molecule has 0 fully saturated rings. The summed E-state index contributed by atoms with van der Waals surface area (Å²) < 4.78 is 17.0. The second-order valence-corrected chi connectivity index (χ2v) is 1.64. The van der Waals surface area contributed by atoms with E-state index in [0.29, 0.717) is 0 Å². The molecule has 0 aromatic carbocycles. The Morgan fingerprint density at radius 3 is 2.25 bits per heavy atom. The van der Waals surface area contributed by atoms with Crippen molar-refractivity contribution >= 4 is 0 Å². The Morgan fingerprint density at radius 2 is 2.12 bits per heavy atom. The van der Waals surface area contributed by atoms with Gasteiger partial charge in [0.2, 0.25) is 0 Å². The van der Waals surface area contributed by atoms with Gasteiger partial charge in [0.25, 0.3) is 0 Å². The fraction of sp³-hybridized carbons (Fsp3) is 0.600. The summed E-state index contributed by atoms with van der Waals surface area (Å²) in [4.78, 5) is 0. The van der Waals surface area contributed by atoms with Gasteiger partial charge in [0.1, 0.15) is 0 Å². The summed E-state index contributed by atoms with van der Waals surface area (Å²) in [5, 5.41) is 0. The van der Waals surface area contributed by atoms with Gasteiger partial charge in [-0.05, 0) is 25.3 Å². The van der Waals surface area contributed by atoms with Crippen LogP contribution in [0.5, 0.6) is 0 Å². The Morgan fingerprint density at radius 1 is 1.50 bits per heavy atom. The van der Waals surface area contributed by atoms with Crippen LogP contribution in [0.2, 0.25) is 0 Å². The molecule has 0 saturated heterocycles. The number of allylic oxidation sites excluding steroid dienone is 2. The zero-order valence-corrected chi connectivity index (χ0v) is 6.08. The molecule has 2 nitrogen and oxygen atoms in total. The van der Waals surface area contributed by atoms with Crippen LogP contribution in [0.4, 0.5) is 0 Å². The maximum absolute atomic E-state index is 8.50. The summed E-state index contributed by atoms with van der Waals surface area (Å²) in [5.74, 6) is 0. The van der Waals surface area contributed by atoms with E-state index < -0.39 is 19.1 Å². The van der Waals surface area contributed by atoms with E-state index in [0.717, 1.165) is 0 Å². The number of hydrogen-bond acceptors (Lipinski definition) is 2. The van der Waals surface area contributed by atoms with Gasteiger partial charge in [-0.25, -0.2) is 0 Å². The Bertz CT molecular complexity index is 97.0. The van der Waals surface area contributed by atoms with E-state index in [-0.39, 0.29) is 0 Å². The van der Waals surface area contributed by atoms with E-state index in [1.165, 1.54) is 19.3 Å². The van der Waals surface area contributed by atoms with Gasteiger partial charge in [0.15, 0.2) is 0 Å². The summed E-state index contributed by atoms with van der Waals surface area (Å²) in [6, 6.07) is 0. The molecule has 0 unspecified atom stereocenters. The molecule has 0 aliphatic heterocycles. The summed E-state index contributed by atoms with van der Waals surface area (Å²) in [7, 11) is 0. The second kappa shape index (κ2) is 7.05. The van der Waals surface area contributed by atoms with E-state index in [1.807, 2.05) is 0 Å². The molecule has 0 aromatic rings. The van der Waals surface area contributed by atoms with Crippen molar-refractivity contribution in [1.82, 2.24) is 0 Å². The third-order valence-electron chi connectivity index (χ3n) is 0.814. The maximum atomic E-state index is 8.50. The minimum atomic E-state index is -2.00. The first-order valence-electron chi connectivity index (χ1n) is 2.46. The first kappa shape index (κ1) is 8.05. The van der Waals surface area contributed by atoms with Gasteiger partial charge in [-0.2, -0.15) is 0 Å². The predicted octanol–water partition coefficient (Wildman–Crippen LogP) is 1.29. The van der Waals surface area contributed by atoms with Crippen LogP contribution in [-0.2, 0) is 25.7 Å². The molecule has 0 saturated carbocycles. The average Bonchev–Trinajstić information content (AvgIpc) is 2.17. The van der Waals surface area contributed by atoms with Gasteiger partial charge in [0, 0.05) is 0 Å². The number of rotatable bonds is 0. The van der Waals surface area contributed by atoms with Gasteiger partial charge in [0.05, 0.1) is 0 Å². The van der Waals surface area contributed by atoms with Crippen LogP contribution >= 0.6 is 0 Å². The Labute approximate surface area is 57.5 Å². The van der Waals surface area contributed by atoms with Crippen LogP contribution in [0, 0.1) is 6.08 Å². The van der Waals surface area contributed by atoms with Crippen LogP contribution in [0.3, 0.4) is 0 Å². The van der Waals surface area contributed by atoms with Crippen molar-refractivity contribution in [2.75, 3.05) is 0 Å². The van der Waals surface area contributed by atoms with Crippen LogP contribution in [0.15, 0.2) is 6.08 Å². The molecule has 1 aliphatic carbocycles. The predicted molar refractivity (Wildman–Crippen MR) is 23.0 cm³/mol. The van der Waals surface area contributed by atoms with Crippen LogP contribution in [0.25, 0.3) is 0 Å². The van der Waals surface area contributed by atoms with E-state index in [4.69, 9.17) is 6.65 Å². The standard InChI is InChI=1S/C5H7.2O.Ti/c1-2-4-5-3-1;;;/h1H,2,4-5H2;;;. The first-order valence-corrected chi connectivity index (χ1v) is 3.73. The second-order valence-electron chi connectivity index (χ2n) is 1.38. The van der Waals surface area contributed by atoms with E-state index in [2.05, 4.69) is 12.2 Å². The summed E-state index contributed by atoms with van der Waals surface area (Å²) >= 11 is -2.00. The SMILES string of the molecule is [C]1=CCCC1.[O]=[Ti]=[O]. The fourth-order valence-corrected chi connectivity index (χ4v) is 0.510. The normalized spacial score (nSPS) is 14.0. The van der Waals surface area contributed by atoms with Gasteiger partial charge >= 0.3 is 25.7 Å². The van der Waals surface area contributed by atoms with Crippen molar-refractivity contribution in [3.05, 3.63) is 12.2 Å². The average molecular weight is 147 g/mol. The van der Waals surface area contributed by atoms with Gasteiger partial charge in [-0.3, -0.25) is 0 Å². The monoisotopic (exact) mass is 147 g/mol. The van der Waals surface area contributed by atoms with Crippen molar-refractivity contribution in [1.29, 1.82) is 0 Å². The van der Waals surface area contributed by atoms with Crippen molar-refractivity contribution in [3.63, 3.8) is 0 Å². The number of hydrogen-bond donors (Lipinski definition) is 0. The molecule has 43 valence electrons. The quantitative estimate of drug-likeness (QED) is 0.483. The molecule has 1 aliphatic rings. The van der Waals surface area contributed by atoms with Crippen LogP contribution in [0.1, 0.15) is 19.3 Å². The Kier molecular flexibility index (Phi) is 7.10. The van der Waals surface area contributed by atoms with Crippen LogP contribution < -0.4 is 0 Å². The van der Waals surface area contributed by atoms with Crippen molar-refractivity contribution in [3.8, 4) is 0 Å². The molecule has 8 heavy (non-hydrogen) atoms. The third-order valence-corrected chi connectivity index (χ3v) is 0.814. The van der Waals surface area contributed by atoms with Crippen molar-refractivity contribution in [2.24, 2.45) is 0 Å². The molecule has 0 atom stereocenters. The van der Waals surface area contributed by atoms with Crippen molar-refractivity contribution in [2.45, 2.75) is 19.3 Å². The Balaban J connectivity index is 0.000000145. The molecular formula is C5H7O2Ti. The molecule has 0 N–H and O–H groups in total. The topological polar surface area (TPSA) is 34.1 Å². The zero-order valence-electron chi connectivity index (χ0n) is 4.52. The summed E-state index contributed by atoms with van der Waals surface area (Å²) in [5.41, 5.74) is 0. The van der Waals surface area contributed by atoms with Gasteiger partial charge in [-0.15, -0.1) is 0 Å². The van der Waals surface area contributed by atoms with E-state index in [9.17, 15) is 0 Å². The molecule has 0 bridgehead atoms. The van der Waals surface area contributed by atoms with Gasteiger partial charge in [-0.1, -0.05) is 6.08 Å². The van der Waals surface area contributed by atoms with Gasteiger partial charge < -0.3 is 0 Å². The molecule has 0 heterocycles. The first-order chi connectivity index (χ1) is 3.91. The summed E-state index contributed by atoms with van der Waals surface area (Å²) in [6.45, 7) is 0. The Hall–Kier alpha value is 0.0543. The zero-order chi connectivity index (χ0) is 6.24. The molecular weight excluding hydrogens is 140 g/mol. The third kappa shape index (κ3) is 6.05. The molecule has 3 heteroatoms. The molecule has 1 radical (unpaired) electrons. The summed E-state index contributed by atoms with van der Waals surface area (Å²) in [6.07, 6.45) is 9.00. The van der Waals surface area contributed by atoms with E-state index >= 15 is 0 Å². The van der Waals surface area contributed by atoms with E-state index in [1.54, 1.807) is 0 Å². The van der Waals surface area contributed by atoms with Crippen LogP contribution in [-0.4, -0.2) is 0 Å². The molecule has 0 amide bonds. The molecule has 1 rings (SSSR count). The minimum absolute atomic E-state index is 1.19. The molecule has 0 aromatic heterocycles.